The molecule has 0 aromatic carbocycles. The largest absolute Gasteiger partial charge is 0.396 e. The smallest absolute Gasteiger partial charge is 0.323 e. The van der Waals surface area contributed by atoms with Crippen LogP contribution in [0.4, 0.5) is 16.3 Å². The van der Waals surface area contributed by atoms with Crippen molar-refractivity contribution in [3.8, 4) is 10.6 Å². The van der Waals surface area contributed by atoms with Gasteiger partial charge in [0.2, 0.25) is 0 Å². The maximum atomic E-state index is 12.7. The van der Waals surface area contributed by atoms with Crippen LogP contribution in [-0.2, 0) is 24.4 Å². The van der Waals surface area contributed by atoms with Crippen molar-refractivity contribution in [3.05, 3.63) is 46.1 Å². The van der Waals surface area contributed by atoms with Crippen molar-refractivity contribution in [1.29, 1.82) is 0 Å². The van der Waals surface area contributed by atoms with Crippen LogP contribution >= 0.6 is 11.3 Å². The fourth-order valence-electron chi connectivity index (χ4n) is 3.00. The van der Waals surface area contributed by atoms with Gasteiger partial charge in [0.15, 0.2) is 17.4 Å². The molecule has 10 heteroatoms. The van der Waals surface area contributed by atoms with E-state index in [2.05, 4.69) is 15.4 Å². The average Bonchev–Trinajstić information content (AvgIpc) is 3.36. The first kappa shape index (κ1) is 18.7. The lowest BCUT2D eigenvalue weighted by Crippen LogP contribution is -2.31. The maximum Gasteiger partial charge on any atom is 0.323 e. The Labute approximate surface area is 170 Å². The van der Waals surface area contributed by atoms with Crippen molar-refractivity contribution < 1.29 is 21.1 Å². The predicted octanol–water partition coefficient (Wildman–Crippen LogP) is 2.48. The first-order chi connectivity index (χ1) is 13.5. The highest BCUT2D eigenvalue weighted by molar-refractivity contribution is 7.15. The summed E-state index contributed by atoms with van der Waals surface area (Å²) in [6.45, 7) is 2.24. The molecule has 0 bridgehead atoms. The summed E-state index contributed by atoms with van der Waals surface area (Å²) < 4.78 is 7.70. The number of nitrogens with zero attached hydrogens (tertiary/aromatic N) is 4. The first-order valence-corrected chi connectivity index (χ1v) is 9.90. The van der Waals surface area contributed by atoms with E-state index >= 15 is 0 Å². The van der Waals surface area contributed by atoms with Crippen LogP contribution in [0.5, 0.6) is 0 Å². The van der Waals surface area contributed by atoms with Crippen LogP contribution < -0.4 is 11.1 Å². The molecule has 0 saturated heterocycles. The van der Waals surface area contributed by atoms with Crippen LogP contribution in [0.25, 0.3) is 10.6 Å². The summed E-state index contributed by atoms with van der Waals surface area (Å²) in [4.78, 5) is 19.8. The number of nitrogen functional groups attached to an aromatic ring is 1. The Balaban J connectivity index is 1.44. The number of methoxy groups -OCH3 is 1. The van der Waals surface area contributed by atoms with Gasteiger partial charge in [0.05, 0.1) is 48.2 Å². The Hall–Kier alpha value is -2.62. The van der Waals surface area contributed by atoms with Crippen LogP contribution in [0.3, 0.4) is 0 Å². The highest BCUT2D eigenvalue weighted by atomic mass is 35.5. The number of thiophene rings is 1. The third-order valence-corrected chi connectivity index (χ3v) is 5.71. The second-order valence-electron chi connectivity index (χ2n) is 6.40. The molecule has 1 aliphatic heterocycles. The van der Waals surface area contributed by atoms with Crippen LogP contribution in [-0.4, -0.2) is 39.4 Å². The summed E-state index contributed by atoms with van der Waals surface area (Å²) in [7, 11) is 1.66. The van der Waals surface area contributed by atoms with E-state index in [9.17, 15) is 4.79 Å². The third-order valence-electron chi connectivity index (χ3n) is 4.42. The van der Waals surface area contributed by atoms with Gasteiger partial charge in [-0.05, 0) is 18.2 Å². The number of halogens is 1. The number of nitrogens with one attached hydrogen (secondary N) is 1. The molecule has 0 radical (unpaired) electrons. The number of fused-ring (bicyclic) bond motifs is 1. The second kappa shape index (κ2) is 7.78. The van der Waals surface area contributed by atoms with E-state index in [1.807, 2.05) is 29.1 Å². The van der Waals surface area contributed by atoms with Gasteiger partial charge in [0.1, 0.15) is 0 Å². The molecule has 0 atom stereocenters. The third kappa shape index (κ3) is 3.82. The Morgan fingerprint density at radius 3 is 2.93 bits per heavy atom. The Morgan fingerprint density at radius 2 is 2.21 bits per heavy atom. The lowest BCUT2D eigenvalue weighted by atomic mass is 10.3. The number of aromatic nitrogens is 3. The number of rotatable bonds is 5. The normalized spacial score (nSPS) is 13.0. The summed E-state index contributed by atoms with van der Waals surface area (Å²) in [5.41, 5.74) is 9.09. The fraction of sp³-hybridized carbons (Fsp3) is 0.278. The van der Waals surface area contributed by atoms with Gasteiger partial charge >= 0.3 is 6.03 Å². The van der Waals surface area contributed by atoms with Crippen LogP contribution in [0.15, 0.2) is 30.5 Å². The number of urea groups is 1. The number of hydrogen-bond acceptors (Lipinski definition) is 6. The predicted molar refractivity (Wildman–Crippen MR) is 105 cm³/mol. The van der Waals surface area contributed by atoms with Gasteiger partial charge in [-0.2, -0.15) is 5.10 Å². The molecule has 146 valence electrons. The number of anilines is 2. The molecule has 28 heavy (non-hydrogen) atoms. The standard InChI is InChI=1S/C18H19ClN6O2S/c1-27-7-6-25-9-11-8-24(10-14(11)23-25)18(26)22-17-12(20)2-3-13(21-17)15-4-5-16(19)28-15/h2-5,9,19H,6-8,10,20H2,1H3/p+1. The summed E-state index contributed by atoms with van der Waals surface area (Å²) in [5.74, 6) is 0.344. The zero-order chi connectivity index (χ0) is 19.7. The van der Waals surface area contributed by atoms with E-state index in [0.717, 1.165) is 26.2 Å². The number of carbonyl (C=O) groups excluding carboxylic acids is 1. The van der Waals surface area contributed by atoms with E-state index in [1.54, 1.807) is 18.1 Å². The molecule has 0 saturated carbocycles. The van der Waals surface area contributed by atoms with Gasteiger partial charge in [-0.3, -0.25) is 10.00 Å². The van der Waals surface area contributed by atoms with Crippen molar-refractivity contribution in [3.63, 3.8) is 0 Å². The molecule has 4 rings (SSSR count). The van der Waals surface area contributed by atoms with E-state index in [1.165, 1.54) is 11.3 Å². The Morgan fingerprint density at radius 1 is 1.36 bits per heavy atom. The van der Waals surface area contributed by atoms with Gasteiger partial charge in [-0.15, -0.1) is 0 Å². The van der Waals surface area contributed by atoms with Gasteiger partial charge in [0.25, 0.3) is 4.34 Å². The molecule has 0 fully saturated rings. The molecule has 2 amide bonds. The minimum atomic E-state index is -0.257. The van der Waals surface area contributed by atoms with Crippen molar-refractivity contribution in [2.24, 2.45) is 0 Å². The Kier molecular flexibility index (Phi) is 5.21. The first-order valence-electron chi connectivity index (χ1n) is 8.67. The van der Waals surface area contributed by atoms with Crippen LogP contribution in [0.1, 0.15) is 11.3 Å². The van der Waals surface area contributed by atoms with Gasteiger partial charge in [0, 0.05) is 24.9 Å². The summed E-state index contributed by atoms with van der Waals surface area (Å²) >= 11 is 6.64. The van der Waals surface area contributed by atoms with E-state index < -0.39 is 0 Å². The van der Waals surface area contributed by atoms with Gasteiger partial charge in [-0.25, -0.2) is 9.78 Å². The van der Waals surface area contributed by atoms with Crippen molar-refractivity contribution in [1.82, 2.24) is 19.7 Å². The van der Waals surface area contributed by atoms with E-state index in [-0.39, 0.29) is 6.03 Å². The topological polar surface area (TPSA) is 98.3 Å². The number of pyridine rings is 1. The maximum absolute atomic E-state index is 12.7. The molecule has 1 aliphatic rings. The molecule has 3 aromatic heterocycles. The van der Waals surface area contributed by atoms with Crippen molar-refractivity contribution >= 4 is 28.9 Å². The average molecular weight is 420 g/mol. The number of hydrogen-bond donors (Lipinski definition) is 2. The summed E-state index contributed by atoms with van der Waals surface area (Å²) in [6.07, 6.45) is 1.96. The zero-order valence-electron chi connectivity index (χ0n) is 15.2. The molecular weight excluding hydrogens is 400 g/mol. The van der Waals surface area contributed by atoms with Crippen LogP contribution in [0, 0.1) is 11.6 Å². The van der Waals surface area contributed by atoms with Gasteiger partial charge in [-0.1, -0.05) is 11.3 Å². The van der Waals surface area contributed by atoms with Crippen molar-refractivity contribution in [2.75, 3.05) is 24.8 Å². The molecule has 4 heterocycles. The van der Waals surface area contributed by atoms with Crippen LogP contribution in [0.2, 0.25) is 4.34 Å². The summed E-state index contributed by atoms with van der Waals surface area (Å²) in [5, 5.41) is 7.33. The van der Waals surface area contributed by atoms with Gasteiger partial charge < -0.3 is 15.4 Å². The number of ether oxygens (including phenoxy) is 1. The number of amides is 2. The lowest BCUT2D eigenvalue weighted by molar-refractivity contribution is -0.281. The highest BCUT2D eigenvalue weighted by Gasteiger charge is 2.27. The fourth-order valence-corrected chi connectivity index (χ4v) is 4.04. The number of carbonyl (C=O) groups is 1. The minimum Gasteiger partial charge on any atom is -0.396 e. The Bertz CT molecular complexity index is 994. The number of nitrogens with two attached hydrogens (primary N) is 1. The monoisotopic (exact) mass is 419 g/mol. The van der Waals surface area contributed by atoms with E-state index in [0.29, 0.717) is 37.7 Å². The molecule has 0 aliphatic carbocycles. The molecule has 0 unspecified atom stereocenters. The zero-order valence-corrected chi connectivity index (χ0v) is 16.8. The molecule has 3 aromatic rings. The quantitative estimate of drug-likeness (QED) is 0.662. The van der Waals surface area contributed by atoms with E-state index in [4.69, 9.17) is 22.1 Å². The molecule has 8 nitrogen and oxygen atoms in total. The van der Waals surface area contributed by atoms with Crippen molar-refractivity contribution in [2.45, 2.75) is 19.6 Å². The SMILES string of the molecule is COCCn1cc2c(n1)CN(C(=O)Nc1nc(-c3ccc([ClH+])s3)ccc1N)C2. The molecular formula is C18H20ClN6O2S+. The highest BCUT2D eigenvalue weighted by Crippen LogP contribution is 2.30. The lowest BCUT2D eigenvalue weighted by Gasteiger charge is -2.17. The summed E-state index contributed by atoms with van der Waals surface area (Å²) in [6, 6.07) is 7.07. The second-order valence-corrected chi connectivity index (χ2v) is 8.18. The molecule has 0 spiro atoms. The minimum absolute atomic E-state index is 0.257. The molecule has 3 N–H and O–H groups in total.